The molecule has 0 aromatic carbocycles. The summed E-state index contributed by atoms with van der Waals surface area (Å²) in [6.45, 7) is 53.9. The van der Waals surface area contributed by atoms with Crippen LogP contribution in [0.2, 0.25) is 71.5 Å². The van der Waals surface area contributed by atoms with E-state index in [1.807, 2.05) is 0 Å². The van der Waals surface area contributed by atoms with Crippen molar-refractivity contribution in [3.05, 3.63) is 0 Å². The molecule has 0 aliphatic heterocycles. The van der Waals surface area contributed by atoms with Crippen molar-refractivity contribution in [3.8, 4) is 0 Å². The van der Waals surface area contributed by atoms with E-state index in [1.165, 1.54) is 0 Å². The van der Waals surface area contributed by atoms with Crippen molar-refractivity contribution in [2.24, 2.45) is 0 Å². The lowest BCUT2D eigenvalue weighted by molar-refractivity contribution is 0.727. The lowest BCUT2D eigenvalue weighted by Gasteiger charge is -2.72. The topological polar surface area (TPSA) is 0 Å². The average molecular weight is 705 g/mol. The highest BCUT2D eigenvalue weighted by Gasteiger charge is 2.82. The second kappa shape index (κ2) is 10.7. The van der Waals surface area contributed by atoms with E-state index < -0.39 is 40.9 Å². The minimum Gasteiger partial charge on any atom is -0.136 e. The van der Waals surface area contributed by atoms with E-state index in [2.05, 4.69) is 136 Å². The molecule has 0 nitrogen and oxygen atoms in total. The molecule has 0 saturated heterocycles. The summed E-state index contributed by atoms with van der Waals surface area (Å²) in [5.41, 5.74) is 3.23. The molecule has 0 amide bonds. The average Bonchev–Trinajstić information content (AvgIpc) is 2.61. The van der Waals surface area contributed by atoms with Gasteiger partial charge in [0.1, 0.15) is 10.5 Å². The van der Waals surface area contributed by atoms with Gasteiger partial charge in [0, 0.05) is 0 Å². The molecule has 0 saturated carbocycles. The van der Waals surface area contributed by atoms with Crippen molar-refractivity contribution >= 4 is 71.4 Å². The maximum atomic E-state index is 5.26. The third kappa shape index (κ3) is 4.76. The normalized spacial score (nSPS) is 16.4. The van der Waals surface area contributed by atoms with Crippen molar-refractivity contribution in [3.63, 3.8) is 0 Å². The van der Waals surface area contributed by atoms with Crippen LogP contribution in [0.15, 0.2) is 0 Å². The third-order valence-corrected chi connectivity index (χ3v) is 196. The summed E-state index contributed by atoms with van der Waals surface area (Å²) in [7, 11) is -6.94. The Morgan fingerprint density at radius 2 is 0.588 bits per heavy atom. The molecule has 0 N–H and O–H groups in total. The standard InChI is InChI=1S/C26H64Br2Si6/c1-21(2)31(19,22(3)4)34(28,32(20,23(5)6)24(7)8)33(27,29(15,16)25(9,10)11)30(17,18)26(12,13)14/h21-24H,1-20H3. The van der Waals surface area contributed by atoms with Crippen LogP contribution in [-0.2, 0) is 0 Å². The highest BCUT2D eigenvalue weighted by Crippen LogP contribution is 2.66. The highest BCUT2D eigenvalue weighted by molar-refractivity contribution is 9.42. The first-order chi connectivity index (χ1) is 14.5. The predicted molar refractivity (Wildman–Crippen MR) is 187 cm³/mol. The zero-order valence-electron chi connectivity index (χ0n) is 27.1. The van der Waals surface area contributed by atoms with Gasteiger partial charge in [0.2, 0.25) is 0 Å². The maximum Gasteiger partial charge on any atom is 0.117 e. The monoisotopic (exact) mass is 702 g/mol. The van der Waals surface area contributed by atoms with Crippen molar-refractivity contribution in [1.29, 1.82) is 0 Å². The smallest absolute Gasteiger partial charge is 0.117 e. The number of hydrogen-bond donors (Lipinski definition) is 0. The zero-order valence-corrected chi connectivity index (χ0v) is 36.2. The molecule has 0 aromatic rings. The summed E-state index contributed by atoms with van der Waals surface area (Å²) >= 11 is 10.5. The molecular formula is C26H64Br2Si6. The van der Waals surface area contributed by atoms with Crippen LogP contribution >= 0.6 is 30.6 Å². The van der Waals surface area contributed by atoms with Crippen LogP contribution in [0.1, 0.15) is 96.9 Å². The van der Waals surface area contributed by atoms with Gasteiger partial charge in [-0.05, 0) is 10.1 Å². The molecule has 34 heavy (non-hydrogen) atoms. The SMILES string of the molecule is CC(C)[Si](C)(C(C)C)[Si](Br)([Si](C)(C(C)C)C(C)C)[Si](Br)([Si](C)(C)C(C)(C)C)[Si](C)(C)C(C)(C)C. The van der Waals surface area contributed by atoms with Gasteiger partial charge in [-0.25, -0.2) is 0 Å². The summed E-state index contributed by atoms with van der Waals surface area (Å²) in [4.78, 5) is 0. The third-order valence-electron chi connectivity index (χ3n) is 12.2. The van der Waals surface area contributed by atoms with E-state index in [0.29, 0.717) is 10.1 Å². The summed E-state index contributed by atoms with van der Waals surface area (Å²) < 4.78 is 0. The molecule has 0 aliphatic carbocycles. The zero-order chi connectivity index (χ0) is 28.3. The fraction of sp³-hybridized carbons (Fsp3) is 1.00. The van der Waals surface area contributed by atoms with E-state index in [4.69, 9.17) is 30.6 Å². The Morgan fingerprint density at radius 3 is 0.706 bits per heavy atom. The summed E-state index contributed by atoms with van der Waals surface area (Å²) in [6.07, 6.45) is 0. The molecule has 0 aromatic heterocycles. The van der Waals surface area contributed by atoms with Crippen LogP contribution in [0.25, 0.3) is 0 Å². The Bertz CT molecular complexity index is 631. The Balaban J connectivity index is 8.68. The first-order valence-electron chi connectivity index (χ1n) is 13.9. The van der Waals surface area contributed by atoms with Gasteiger partial charge in [0.25, 0.3) is 0 Å². The second-order valence-electron chi connectivity index (χ2n) is 16.3. The van der Waals surface area contributed by atoms with Gasteiger partial charge < -0.3 is 0 Å². The molecule has 0 heterocycles. The van der Waals surface area contributed by atoms with Crippen molar-refractivity contribution < 1.29 is 0 Å². The lowest BCUT2D eigenvalue weighted by Crippen LogP contribution is -2.97. The van der Waals surface area contributed by atoms with Crippen LogP contribution in [0.3, 0.4) is 0 Å². The van der Waals surface area contributed by atoms with Crippen LogP contribution in [0, 0.1) is 0 Å². The van der Waals surface area contributed by atoms with Crippen molar-refractivity contribution in [2.75, 3.05) is 0 Å². The van der Waals surface area contributed by atoms with Gasteiger partial charge in [0.05, 0.1) is 30.4 Å². The highest BCUT2D eigenvalue weighted by atomic mass is 79.9. The summed E-state index contributed by atoms with van der Waals surface area (Å²) in [6, 6.07) is 0. The fourth-order valence-corrected chi connectivity index (χ4v) is 282. The molecule has 0 bridgehead atoms. The molecule has 0 rings (SSSR count). The second-order valence-corrected chi connectivity index (χ2v) is 94.9. The fourth-order valence-electron chi connectivity index (χ4n) is 6.92. The van der Waals surface area contributed by atoms with Gasteiger partial charge in [0.15, 0.2) is 0 Å². The molecule has 0 radical (unpaired) electrons. The maximum absolute atomic E-state index is 5.26. The van der Waals surface area contributed by atoms with Crippen molar-refractivity contribution in [1.82, 2.24) is 0 Å². The lowest BCUT2D eigenvalue weighted by atomic mass is 10.2. The largest absolute Gasteiger partial charge is 0.136 e. The number of rotatable bonds is 9. The molecule has 0 aliphatic rings. The van der Waals surface area contributed by atoms with Gasteiger partial charge in [-0.2, -0.15) is 0 Å². The summed E-state index contributed by atoms with van der Waals surface area (Å²) in [5.74, 6) is 0. The van der Waals surface area contributed by atoms with Gasteiger partial charge in [-0.15, -0.1) is 30.6 Å². The van der Waals surface area contributed by atoms with E-state index in [9.17, 15) is 0 Å². The van der Waals surface area contributed by atoms with Crippen LogP contribution < -0.4 is 0 Å². The Morgan fingerprint density at radius 1 is 0.412 bits per heavy atom. The van der Waals surface area contributed by atoms with Crippen LogP contribution in [0.5, 0.6) is 0 Å². The van der Waals surface area contributed by atoms with Gasteiger partial charge in [-0.1, -0.05) is 158 Å². The molecule has 0 atom stereocenters. The Hall–Kier alpha value is 2.26. The Kier molecular flexibility index (Phi) is 11.4. The molecule has 8 heteroatoms. The van der Waals surface area contributed by atoms with E-state index >= 15 is 0 Å². The molecule has 0 spiro atoms. The predicted octanol–water partition coefficient (Wildman–Crippen LogP) is 11.9. The summed E-state index contributed by atoms with van der Waals surface area (Å²) in [5, 5.41) is -3.19. The van der Waals surface area contributed by atoms with Crippen molar-refractivity contribution in [2.45, 2.75) is 168 Å². The van der Waals surface area contributed by atoms with E-state index in [1.54, 1.807) is 0 Å². The van der Waals surface area contributed by atoms with Gasteiger partial charge in [-0.3, -0.25) is 0 Å². The van der Waals surface area contributed by atoms with E-state index in [0.717, 1.165) is 22.2 Å². The number of halogens is 2. The van der Waals surface area contributed by atoms with E-state index in [-0.39, 0.29) is 0 Å². The first-order valence-corrected chi connectivity index (χ1v) is 38.7. The molecule has 0 unspecified atom stereocenters. The minimum absolute atomic E-state index is 0.386. The van der Waals surface area contributed by atoms with Crippen LogP contribution in [-0.4, -0.2) is 40.9 Å². The van der Waals surface area contributed by atoms with Crippen LogP contribution in [0.4, 0.5) is 0 Å². The number of hydrogen-bond acceptors (Lipinski definition) is 0. The quantitative estimate of drug-likeness (QED) is 0.166. The van der Waals surface area contributed by atoms with Gasteiger partial charge >= 0.3 is 0 Å². The molecule has 0 fully saturated rings. The molecular weight excluding hydrogens is 641 g/mol. The minimum atomic E-state index is -1.98. The first kappa shape index (κ1) is 36.3. The Labute approximate surface area is 238 Å². The molecule has 206 valence electrons.